The van der Waals surface area contributed by atoms with Crippen LogP contribution in [0.15, 0.2) is 10.7 Å². The molecule has 0 radical (unpaired) electrons. The maximum Gasteiger partial charge on any atom is 0.511 e. The van der Waals surface area contributed by atoms with E-state index in [1.807, 2.05) is 0 Å². The molecule has 0 aliphatic carbocycles. The van der Waals surface area contributed by atoms with E-state index in [0.717, 1.165) is 0 Å². The summed E-state index contributed by atoms with van der Waals surface area (Å²) in [6.07, 6.45) is 0.612. The van der Waals surface area contributed by atoms with Crippen molar-refractivity contribution in [3.63, 3.8) is 0 Å². The summed E-state index contributed by atoms with van der Waals surface area (Å²) in [5.74, 6) is -0.0152. The van der Waals surface area contributed by atoms with Gasteiger partial charge < -0.3 is 14.5 Å². The third-order valence-corrected chi connectivity index (χ3v) is 5.39. The molecule has 0 saturated carbocycles. The number of fused-ring (bicyclic) bond motifs is 1. The number of amides is 1. The van der Waals surface area contributed by atoms with Crippen LogP contribution in [0, 0.1) is 0 Å². The Morgan fingerprint density at radius 2 is 1.97 bits per heavy atom. The molecule has 30 heavy (non-hydrogen) atoms. The van der Waals surface area contributed by atoms with E-state index in [1.54, 1.807) is 20.8 Å². The number of aromatic nitrogens is 4. The lowest BCUT2D eigenvalue weighted by Gasteiger charge is -2.26. The zero-order valence-electron chi connectivity index (χ0n) is 16.2. The van der Waals surface area contributed by atoms with Crippen LogP contribution in [0.25, 0.3) is 11.7 Å². The molecule has 1 amide bonds. The summed E-state index contributed by atoms with van der Waals surface area (Å²) in [5, 5.41) is 6.59. The Morgan fingerprint density at radius 1 is 1.27 bits per heavy atom. The molecule has 0 bridgehead atoms. The number of hydrogen-bond donors (Lipinski definition) is 1. The zero-order chi connectivity index (χ0) is 22.3. The average Bonchev–Trinajstić information content (AvgIpc) is 3.23. The van der Waals surface area contributed by atoms with Crippen LogP contribution >= 0.6 is 0 Å². The maximum absolute atomic E-state index is 12.8. The Balaban J connectivity index is 1.68. The predicted molar refractivity (Wildman–Crippen MR) is 94.0 cm³/mol. The number of sulfonamides is 1. The van der Waals surface area contributed by atoms with Crippen molar-refractivity contribution in [1.82, 2.24) is 29.4 Å². The molecule has 0 unspecified atom stereocenters. The molecule has 2 aromatic rings. The fourth-order valence-corrected chi connectivity index (χ4v) is 3.42. The van der Waals surface area contributed by atoms with Crippen molar-refractivity contribution in [2.75, 3.05) is 6.54 Å². The summed E-state index contributed by atoms with van der Waals surface area (Å²) in [7, 11) is -5.46. The molecule has 0 fully saturated rings. The molecule has 0 aromatic carbocycles. The number of alkyl carbamates (subject to hydrolysis) is 1. The van der Waals surface area contributed by atoms with Gasteiger partial charge in [-0.2, -0.15) is 17.5 Å². The number of alkyl halides is 3. The van der Waals surface area contributed by atoms with Crippen LogP contribution in [0.3, 0.4) is 0 Å². The molecular weight excluding hydrogens is 433 g/mol. The highest BCUT2D eigenvalue weighted by Gasteiger charge is 2.50. The topological polar surface area (TPSA) is 132 Å². The minimum absolute atomic E-state index is 0.00355. The Kier molecular flexibility index (Phi) is 5.53. The fraction of sp³-hybridized carbons (Fsp3) is 0.600. The van der Waals surface area contributed by atoms with Gasteiger partial charge in [0.2, 0.25) is 5.82 Å². The lowest BCUT2D eigenvalue weighted by Crippen LogP contribution is -2.44. The highest BCUT2D eigenvalue weighted by atomic mass is 32.2. The number of carbonyl (C=O) groups is 1. The number of nitrogens with one attached hydrogen (secondary N) is 1. The fourth-order valence-electron chi connectivity index (χ4n) is 2.52. The molecule has 3 rings (SSSR count). The van der Waals surface area contributed by atoms with Crippen LogP contribution < -0.4 is 5.32 Å². The van der Waals surface area contributed by atoms with E-state index in [2.05, 4.69) is 20.4 Å². The minimum atomic E-state index is -5.46. The van der Waals surface area contributed by atoms with Crippen molar-refractivity contribution in [3.05, 3.63) is 17.8 Å². The first-order valence-corrected chi connectivity index (χ1v) is 10.1. The van der Waals surface area contributed by atoms with E-state index in [-0.39, 0.29) is 30.6 Å². The number of rotatable bonds is 4. The molecule has 2 aromatic heterocycles. The van der Waals surface area contributed by atoms with Gasteiger partial charge in [-0.15, -0.1) is 5.10 Å². The Morgan fingerprint density at radius 3 is 2.60 bits per heavy atom. The van der Waals surface area contributed by atoms with E-state index in [4.69, 9.17) is 9.15 Å². The van der Waals surface area contributed by atoms with E-state index < -0.39 is 40.3 Å². The first kappa shape index (κ1) is 22.0. The molecule has 3 heterocycles. The standard InChI is InChI=1S/C15H19F3N6O5S/c1-14(2,3)29-13(25)19-6-9-8-28-12(20-9)11-21-10-7-23(4-5-24(10)22-11)30(26,27)15(16,17)18/h8H,4-7H2,1-3H3,(H,19,25). The maximum atomic E-state index is 12.8. The Hall–Kier alpha value is -2.68. The van der Waals surface area contributed by atoms with Gasteiger partial charge in [0.05, 0.1) is 25.3 Å². The molecule has 15 heteroatoms. The first-order chi connectivity index (χ1) is 13.8. The molecule has 0 atom stereocenters. The van der Waals surface area contributed by atoms with Crippen molar-refractivity contribution < 1.29 is 35.5 Å². The van der Waals surface area contributed by atoms with E-state index in [9.17, 15) is 26.4 Å². The SMILES string of the molecule is CC(C)(C)OC(=O)NCc1coc(-c2nc3n(n2)CCN(S(=O)(=O)C(F)(F)F)C3)n1. The van der Waals surface area contributed by atoms with Crippen LogP contribution in [-0.4, -0.2) is 56.2 Å². The summed E-state index contributed by atoms with van der Waals surface area (Å²) in [4.78, 5) is 19.8. The summed E-state index contributed by atoms with van der Waals surface area (Å²) in [6.45, 7) is 4.07. The molecular formula is C15H19F3N6O5S. The Bertz CT molecular complexity index is 1040. The van der Waals surface area contributed by atoms with Crippen LogP contribution in [-0.2, 0) is 34.4 Å². The molecule has 0 saturated heterocycles. The molecule has 0 spiro atoms. The monoisotopic (exact) mass is 452 g/mol. The quantitative estimate of drug-likeness (QED) is 0.740. The van der Waals surface area contributed by atoms with Gasteiger partial charge in [-0.25, -0.2) is 27.9 Å². The molecule has 11 nitrogen and oxygen atoms in total. The molecule has 1 N–H and O–H groups in total. The van der Waals surface area contributed by atoms with Gasteiger partial charge in [-0.05, 0) is 20.8 Å². The second-order valence-electron chi connectivity index (χ2n) is 7.36. The van der Waals surface area contributed by atoms with Crippen molar-refractivity contribution in [1.29, 1.82) is 0 Å². The van der Waals surface area contributed by atoms with Crippen molar-refractivity contribution in [2.45, 2.75) is 51.5 Å². The number of halogens is 3. The minimum Gasteiger partial charge on any atom is -0.444 e. The number of hydrogen-bond acceptors (Lipinski definition) is 8. The van der Waals surface area contributed by atoms with Crippen molar-refractivity contribution in [2.24, 2.45) is 0 Å². The van der Waals surface area contributed by atoms with E-state index >= 15 is 0 Å². The van der Waals surface area contributed by atoms with Gasteiger partial charge in [-0.3, -0.25) is 0 Å². The number of nitrogens with zero attached hydrogens (tertiary/aromatic N) is 5. The molecule has 1 aliphatic rings. The summed E-state index contributed by atoms with van der Waals surface area (Å²) in [5.41, 5.74) is -5.72. The third kappa shape index (κ3) is 4.72. The second-order valence-corrected chi connectivity index (χ2v) is 9.29. The number of oxazole rings is 1. The van der Waals surface area contributed by atoms with Crippen LogP contribution in [0.5, 0.6) is 0 Å². The smallest absolute Gasteiger partial charge is 0.444 e. The highest BCUT2D eigenvalue weighted by Crippen LogP contribution is 2.29. The lowest BCUT2D eigenvalue weighted by atomic mass is 10.2. The Labute approximate surface area is 169 Å². The summed E-state index contributed by atoms with van der Waals surface area (Å²) < 4.78 is 73.4. The van der Waals surface area contributed by atoms with Crippen LogP contribution in [0.1, 0.15) is 32.3 Å². The largest absolute Gasteiger partial charge is 0.511 e. The van der Waals surface area contributed by atoms with Gasteiger partial charge in [0.25, 0.3) is 5.89 Å². The normalized spacial score (nSPS) is 15.7. The van der Waals surface area contributed by atoms with Gasteiger partial charge in [0.1, 0.15) is 17.7 Å². The first-order valence-electron chi connectivity index (χ1n) is 8.68. The highest BCUT2D eigenvalue weighted by molar-refractivity contribution is 7.89. The van der Waals surface area contributed by atoms with E-state index in [1.165, 1.54) is 10.9 Å². The predicted octanol–water partition coefficient (Wildman–Crippen LogP) is 1.62. The van der Waals surface area contributed by atoms with Gasteiger partial charge in [0.15, 0.2) is 0 Å². The van der Waals surface area contributed by atoms with Gasteiger partial charge >= 0.3 is 21.6 Å². The zero-order valence-corrected chi connectivity index (χ0v) is 17.0. The summed E-state index contributed by atoms with van der Waals surface area (Å²) >= 11 is 0. The van der Waals surface area contributed by atoms with Gasteiger partial charge in [0, 0.05) is 6.54 Å². The average molecular weight is 452 g/mol. The number of ether oxygens (including phenoxy) is 1. The molecule has 166 valence electrons. The second kappa shape index (κ2) is 7.54. The van der Waals surface area contributed by atoms with Crippen LogP contribution in [0.2, 0.25) is 0 Å². The van der Waals surface area contributed by atoms with Crippen LogP contribution in [0.4, 0.5) is 18.0 Å². The third-order valence-electron chi connectivity index (χ3n) is 3.82. The molecule has 1 aliphatic heterocycles. The van der Waals surface area contributed by atoms with Crippen molar-refractivity contribution >= 4 is 16.1 Å². The van der Waals surface area contributed by atoms with Crippen molar-refractivity contribution in [3.8, 4) is 11.7 Å². The van der Waals surface area contributed by atoms with Gasteiger partial charge in [-0.1, -0.05) is 0 Å². The number of carbonyl (C=O) groups excluding carboxylic acids is 1. The van der Waals surface area contributed by atoms with E-state index in [0.29, 0.717) is 10.00 Å². The lowest BCUT2D eigenvalue weighted by molar-refractivity contribution is -0.0496. The summed E-state index contributed by atoms with van der Waals surface area (Å²) in [6, 6.07) is 0.